The third-order valence-corrected chi connectivity index (χ3v) is 3.85. The third-order valence-electron chi connectivity index (χ3n) is 2.69. The second-order valence-electron chi connectivity index (χ2n) is 4.65. The number of nitrogens with zero attached hydrogens (tertiary/aromatic N) is 3. The van der Waals surface area contributed by atoms with Crippen molar-refractivity contribution < 1.29 is 17.9 Å². The number of hydrogen-bond donors (Lipinski definition) is 3. The maximum absolute atomic E-state index is 12.0. The van der Waals surface area contributed by atoms with Crippen molar-refractivity contribution in [1.82, 2.24) is 19.7 Å². The number of benzene rings is 1. The Bertz CT molecular complexity index is 969. The Balaban J connectivity index is 2.02. The highest BCUT2D eigenvalue weighted by Gasteiger charge is 2.16. The van der Waals surface area contributed by atoms with Crippen molar-refractivity contribution in [3.05, 3.63) is 35.7 Å². The molecule has 0 saturated carbocycles. The first-order valence-corrected chi connectivity index (χ1v) is 9.19. The van der Waals surface area contributed by atoms with Gasteiger partial charge in [0, 0.05) is 21.5 Å². The molecule has 0 spiro atoms. The molecular formula is C14H13BrN6O4S. The van der Waals surface area contributed by atoms with Crippen molar-refractivity contribution in [2.45, 2.75) is 6.92 Å². The summed E-state index contributed by atoms with van der Waals surface area (Å²) in [6.07, 6.45) is 0. The average molecular weight is 441 g/mol. The summed E-state index contributed by atoms with van der Waals surface area (Å²) in [7, 11) is -2.82. The summed E-state index contributed by atoms with van der Waals surface area (Å²) in [5, 5.41) is 2.19. The van der Waals surface area contributed by atoms with Crippen LogP contribution in [0.1, 0.15) is 11.4 Å². The molecule has 0 saturated heterocycles. The van der Waals surface area contributed by atoms with E-state index in [0.29, 0.717) is 11.4 Å². The lowest BCUT2D eigenvalue weighted by Crippen LogP contribution is -2.38. The molecular weight excluding hydrogens is 428 g/mol. The van der Waals surface area contributed by atoms with E-state index in [1.165, 1.54) is 19.2 Å². The smallest absolute Gasteiger partial charge is 0.336 e. The van der Waals surface area contributed by atoms with Crippen molar-refractivity contribution in [1.29, 1.82) is 0 Å². The number of halogens is 1. The molecule has 26 heavy (non-hydrogen) atoms. The van der Waals surface area contributed by atoms with Crippen LogP contribution >= 0.6 is 15.9 Å². The minimum atomic E-state index is -4.16. The van der Waals surface area contributed by atoms with Crippen LogP contribution in [-0.4, -0.2) is 36.5 Å². The van der Waals surface area contributed by atoms with Crippen molar-refractivity contribution in [2.24, 2.45) is 0 Å². The summed E-state index contributed by atoms with van der Waals surface area (Å²) in [6, 6.07) is 5.18. The predicted molar refractivity (Wildman–Crippen MR) is 98.1 cm³/mol. The van der Waals surface area contributed by atoms with Crippen LogP contribution in [0.3, 0.4) is 0 Å². The Kier molecular flexibility index (Phi) is 6.31. The maximum atomic E-state index is 12.0. The molecule has 0 unspecified atom stereocenters. The Morgan fingerprint density at radius 3 is 2.50 bits per heavy atom. The molecule has 12 heteroatoms. The predicted octanol–water partition coefficient (Wildman–Crippen LogP) is 1.37. The lowest BCUT2D eigenvalue weighted by Gasteiger charge is -2.10. The molecule has 0 aliphatic carbocycles. The number of ether oxygens (including phenoxy) is 1. The van der Waals surface area contributed by atoms with Crippen LogP contribution in [0.15, 0.2) is 24.3 Å². The highest BCUT2D eigenvalue weighted by Crippen LogP contribution is 2.11. The molecule has 2 amide bonds. The van der Waals surface area contributed by atoms with E-state index >= 15 is 0 Å². The van der Waals surface area contributed by atoms with Gasteiger partial charge in [0.1, 0.15) is 5.82 Å². The van der Waals surface area contributed by atoms with Crippen LogP contribution in [0.2, 0.25) is 0 Å². The van der Waals surface area contributed by atoms with Gasteiger partial charge < -0.3 is 4.74 Å². The second-order valence-corrected chi connectivity index (χ2v) is 6.46. The van der Waals surface area contributed by atoms with Gasteiger partial charge in [-0.2, -0.15) is 23.4 Å². The van der Waals surface area contributed by atoms with E-state index in [2.05, 4.69) is 51.7 Å². The molecule has 0 aliphatic heterocycles. The molecule has 2 aromatic rings. The number of aromatic nitrogens is 3. The molecule has 0 radical (unpaired) electrons. The zero-order valence-corrected chi connectivity index (χ0v) is 16.0. The van der Waals surface area contributed by atoms with Gasteiger partial charge in [-0.05, 0) is 36.0 Å². The lowest BCUT2D eigenvalue weighted by molar-refractivity contribution is 0.256. The van der Waals surface area contributed by atoms with Gasteiger partial charge in [-0.3, -0.25) is 10.0 Å². The Morgan fingerprint density at radius 1 is 1.19 bits per heavy atom. The fourth-order valence-electron chi connectivity index (χ4n) is 1.71. The second kappa shape index (κ2) is 8.45. The number of carbonyl (C=O) groups excluding carboxylic acids is 1. The third kappa shape index (κ3) is 5.87. The summed E-state index contributed by atoms with van der Waals surface area (Å²) < 4.78 is 32.8. The summed E-state index contributed by atoms with van der Waals surface area (Å²) in [5.74, 6) is 2.89. The number of rotatable bonds is 5. The minimum Gasteiger partial charge on any atom is -0.467 e. The first-order chi connectivity index (χ1) is 12.3. The highest BCUT2D eigenvalue weighted by atomic mass is 79.9. The number of aryl methyl sites for hydroxylation is 1. The van der Waals surface area contributed by atoms with Crippen LogP contribution in [0.4, 0.5) is 16.4 Å². The van der Waals surface area contributed by atoms with Crippen LogP contribution in [-0.2, 0) is 10.2 Å². The lowest BCUT2D eigenvalue weighted by atomic mass is 10.2. The highest BCUT2D eigenvalue weighted by molar-refractivity contribution is 9.12. The van der Waals surface area contributed by atoms with Gasteiger partial charge in [0.2, 0.25) is 5.95 Å². The van der Waals surface area contributed by atoms with E-state index in [4.69, 9.17) is 4.74 Å². The molecule has 136 valence electrons. The quantitative estimate of drug-likeness (QED) is 0.597. The van der Waals surface area contributed by atoms with Gasteiger partial charge >= 0.3 is 22.3 Å². The van der Waals surface area contributed by atoms with E-state index in [0.717, 1.165) is 0 Å². The van der Waals surface area contributed by atoms with Crippen molar-refractivity contribution in [2.75, 3.05) is 17.1 Å². The molecule has 1 aromatic heterocycles. The largest absolute Gasteiger partial charge is 0.467 e. The molecule has 0 atom stereocenters. The van der Waals surface area contributed by atoms with Gasteiger partial charge in [0.05, 0.1) is 12.8 Å². The molecule has 2 rings (SSSR count). The molecule has 10 nitrogen and oxygen atoms in total. The average Bonchev–Trinajstić information content (AvgIpc) is 2.55. The Morgan fingerprint density at radius 2 is 1.88 bits per heavy atom. The molecule has 0 aliphatic rings. The number of amides is 2. The number of nitrogens with one attached hydrogen (secondary N) is 3. The van der Waals surface area contributed by atoms with Gasteiger partial charge in [-0.15, -0.1) is 0 Å². The number of carbonyl (C=O) groups is 1. The molecule has 3 N–H and O–H groups in total. The number of hydrogen-bond acceptors (Lipinski definition) is 7. The normalized spacial score (nSPS) is 10.3. The molecule has 1 heterocycles. The maximum Gasteiger partial charge on any atom is 0.336 e. The van der Waals surface area contributed by atoms with Crippen molar-refractivity contribution >= 4 is 43.8 Å². The van der Waals surface area contributed by atoms with Gasteiger partial charge in [0.15, 0.2) is 0 Å². The topological polar surface area (TPSA) is 135 Å². The van der Waals surface area contributed by atoms with E-state index in [-0.39, 0.29) is 17.6 Å². The molecule has 1 aromatic carbocycles. The van der Waals surface area contributed by atoms with Crippen LogP contribution < -0.4 is 19.5 Å². The summed E-state index contributed by atoms with van der Waals surface area (Å²) in [5.41, 5.74) is 0.942. The summed E-state index contributed by atoms with van der Waals surface area (Å²) in [4.78, 5) is 25.9. The Hall–Kier alpha value is -2.91. The van der Waals surface area contributed by atoms with Crippen LogP contribution in [0.25, 0.3) is 0 Å². The van der Waals surface area contributed by atoms with E-state index in [1.807, 2.05) is 0 Å². The number of anilines is 2. The van der Waals surface area contributed by atoms with Gasteiger partial charge in [0.25, 0.3) is 0 Å². The van der Waals surface area contributed by atoms with Crippen molar-refractivity contribution in [3.8, 4) is 16.8 Å². The fourth-order valence-corrected chi connectivity index (χ4v) is 2.73. The first kappa shape index (κ1) is 19.4. The zero-order chi connectivity index (χ0) is 19.2. The molecule has 0 fully saturated rings. The van der Waals surface area contributed by atoms with Gasteiger partial charge in [-0.25, -0.2) is 9.52 Å². The first-order valence-electron chi connectivity index (χ1n) is 6.91. The number of methoxy groups -OCH3 is 1. The number of urea groups is 1. The minimum absolute atomic E-state index is 0.0135. The molecule has 0 bridgehead atoms. The van der Waals surface area contributed by atoms with Gasteiger partial charge in [-0.1, -0.05) is 5.92 Å². The van der Waals surface area contributed by atoms with Crippen LogP contribution in [0, 0.1) is 17.7 Å². The van der Waals surface area contributed by atoms with E-state index in [9.17, 15) is 13.2 Å². The summed E-state index contributed by atoms with van der Waals surface area (Å²) in [6.45, 7) is 1.56. The summed E-state index contributed by atoms with van der Waals surface area (Å²) >= 11 is 2.97. The van der Waals surface area contributed by atoms with E-state index in [1.54, 1.807) is 23.8 Å². The standard InChI is InChI=1S/C14H13BrN6O4S/c1-9-16-12(19-14(17-9)25-2)18-13(22)21-26(23,24)20-11-5-3-10(4-6-11)7-8-15/h3-6,20H,1-2H3,(H2,16,17,18,19,21,22). The monoisotopic (exact) mass is 440 g/mol. The SMILES string of the molecule is COc1nc(C)nc(NC(=O)NS(=O)(=O)Nc2ccc(C#CBr)cc2)n1. The zero-order valence-electron chi connectivity index (χ0n) is 13.6. The van der Waals surface area contributed by atoms with Crippen LogP contribution in [0.5, 0.6) is 6.01 Å². The fraction of sp³-hybridized carbons (Fsp3) is 0.143. The van der Waals surface area contributed by atoms with E-state index < -0.39 is 16.2 Å². The van der Waals surface area contributed by atoms with Crippen molar-refractivity contribution in [3.63, 3.8) is 0 Å². The Labute approximate surface area is 158 Å².